The number of nitrogens with one attached hydrogen (secondary N) is 1. The number of H-pyrrole nitrogens is 1. The third-order valence-corrected chi connectivity index (χ3v) is 6.76. The number of nitriles is 1. The van der Waals surface area contributed by atoms with Crippen molar-refractivity contribution < 1.29 is 8.42 Å². The molecular weight excluding hydrogens is 428 g/mol. The summed E-state index contributed by atoms with van der Waals surface area (Å²) >= 11 is 0. The molecule has 1 N–H and O–H groups in total. The van der Waals surface area contributed by atoms with Crippen LogP contribution in [-0.4, -0.2) is 24.5 Å². The van der Waals surface area contributed by atoms with Crippen LogP contribution in [0.4, 0.5) is 5.69 Å². The van der Waals surface area contributed by atoms with E-state index in [0.29, 0.717) is 16.6 Å². The van der Waals surface area contributed by atoms with Crippen LogP contribution in [0.1, 0.15) is 6.42 Å². The number of hydrogen-bond donors (Lipinski definition) is 1. The highest BCUT2D eigenvalue weighted by molar-refractivity contribution is 7.92. The Morgan fingerprint density at radius 1 is 0.938 bits per heavy atom. The first-order chi connectivity index (χ1) is 15.4. The van der Waals surface area contributed by atoms with Crippen molar-refractivity contribution in [3.8, 4) is 11.8 Å². The third-order valence-electron chi connectivity index (χ3n) is 4.94. The lowest BCUT2D eigenvalue weighted by Crippen LogP contribution is -2.34. The van der Waals surface area contributed by atoms with Crippen LogP contribution in [0.3, 0.4) is 0 Å². The average molecular weight is 446 g/mol. The highest BCUT2D eigenvalue weighted by Crippen LogP contribution is 2.25. The summed E-state index contributed by atoms with van der Waals surface area (Å²) in [5.41, 5.74) is -0.296. The monoisotopic (exact) mass is 446 g/mol. The molecule has 0 saturated heterocycles. The summed E-state index contributed by atoms with van der Waals surface area (Å²) < 4.78 is 28.9. The van der Waals surface area contributed by atoms with Gasteiger partial charge < -0.3 is 4.98 Å². The van der Waals surface area contributed by atoms with Gasteiger partial charge in [0.15, 0.2) is 0 Å². The molecule has 4 aromatic rings. The number of aromatic amines is 1. The minimum atomic E-state index is -4.07. The normalized spacial score (nSPS) is 11.2. The molecule has 32 heavy (non-hydrogen) atoms. The molecular formula is C23H18N4O4S. The largest absolute Gasteiger partial charge is 0.333 e. The summed E-state index contributed by atoms with van der Waals surface area (Å²) in [6.07, 6.45) is -0.00237. The van der Waals surface area contributed by atoms with E-state index in [1.165, 1.54) is 24.3 Å². The second kappa shape index (κ2) is 8.53. The van der Waals surface area contributed by atoms with Gasteiger partial charge in [-0.05, 0) is 42.5 Å². The molecule has 4 rings (SSSR count). The van der Waals surface area contributed by atoms with E-state index in [1.54, 1.807) is 54.6 Å². The quantitative estimate of drug-likeness (QED) is 0.489. The Labute approximate surface area is 183 Å². The van der Waals surface area contributed by atoms with E-state index in [4.69, 9.17) is 5.26 Å². The number of hydrogen-bond acceptors (Lipinski definition) is 5. The molecule has 0 unspecified atom stereocenters. The van der Waals surface area contributed by atoms with Gasteiger partial charge in [0.25, 0.3) is 15.6 Å². The van der Waals surface area contributed by atoms with E-state index >= 15 is 0 Å². The molecule has 0 aliphatic carbocycles. The lowest BCUT2D eigenvalue weighted by atomic mass is 10.2. The Morgan fingerprint density at radius 2 is 1.66 bits per heavy atom. The van der Waals surface area contributed by atoms with Crippen molar-refractivity contribution in [2.45, 2.75) is 11.3 Å². The fourth-order valence-corrected chi connectivity index (χ4v) is 4.95. The number of para-hydroxylation sites is 2. The van der Waals surface area contributed by atoms with Crippen molar-refractivity contribution >= 4 is 26.6 Å². The van der Waals surface area contributed by atoms with Gasteiger partial charge in [-0.15, -0.1) is 0 Å². The van der Waals surface area contributed by atoms with Gasteiger partial charge in [0.1, 0.15) is 0 Å². The zero-order valence-corrected chi connectivity index (χ0v) is 17.6. The van der Waals surface area contributed by atoms with Crippen LogP contribution in [0.25, 0.3) is 16.6 Å². The van der Waals surface area contributed by atoms with E-state index < -0.39 is 21.3 Å². The molecule has 1 aromatic heterocycles. The van der Waals surface area contributed by atoms with E-state index in [9.17, 15) is 18.0 Å². The highest BCUT2D eigenvalue weighted by atomic mass is 32.2. The molecule has 0 aliphatic rings. The fourth-order valence-electron chi connectivity index (χ4n) is 3.44. The summed E-state index contributed by atoms with van der Waals surface area (Å²) in [6.45, 7) is -0.0381. The number of sulfonamides is 1. The second-order valence-electron chi connectivity index (χ2n) is 6.93. The van der Waals surface area contributed by atoms with Crippen molar-refractivity contribution in [2.24, 2.45) is 0 Å². The van der Waals surface area contributed by atoms with Crippen LogP contribution in [-0.2, 0) is 10.0 Å². The summed E-state index contributed by atoms with van der Waals surface area (Å²) in [6, 6.07) is 22.6. The van der Waals surface area contributed by atoms with Gasteiger partial charge in [0.05, 0.1) is 39.7 Å². The van der Waals surface area contributed by atoms with Crippen LogP contribution in [0.2, 0.25) is 0 Å². The fraction of sp³-hybridized carbons (Fsp3) is 0.0870. The molecule has 1 heterocycles. The first-order valence-electron chi connectivity index (χ1n) is 9.73. The molecule has 0 spiro atoms. The van der Waals surface area contributed by atoms with Crippen molar-refractivity contribution in [1.82, 2.24) is 9.55 Å². The summed E-state index contributed by atoms with van der Waals surface area (Å²) in [5.74, 6) is 0. The van der Waals surface area contributed by atoms with Crippen molar-refractivity contribution in [3.63, 3.8) is 0 Å². The number of nitrogens with zero attached hydrogens (tertiary/aromatic N) is 3. The highest BCUT2D eigenvalue weighted by Gasteiger charge is 2.25. The number of anilines is 1. The molecule has 9 heteroatoms. The number of benzene rings is 3. The zero-order chi connectivity index (χ0) is 22.7. The smallest absolute Gasteiger partial charge is 0.306 e. The molecule has 0 atom stereocenters. The van der Waals surface area contributed by atoms with Crippen LogP contribution < -0.4 is 15.6 Å². The zero-order valence-electron chi connectivity index (χ0n) is 16.8. The van der Waals surface area contributed by atoms with Crippen molar-refractivity contribution in [3.05, 3.63) is 99.7 Å². The van der Waals surface area contributed by atoms with Gasteiger partial charge >= 0.3 is 5.69 Å². The molecule has 0 fully saturated rings. The van der Waals surface area contributed by atoms with Gasteiger partial charge in [0.2, 0.25) is 0 Å². The molecule has 8 nitrogen and oxygen atoms in total. The Morgan fingerprint density at radius 3 is 2.41 bits per heavy atom. The maximum absolute atomic E-state index is 13.4. The molecule has 0 aliphatic heterocycles. The Hall–Kier alpha value is -4.16. The molecule has 3 aromatic carbocycles. The molecule has 0 saturated carbocycles. The first-order valence-corrected chi connectivity index (χ1v) is 11.2. The van der Waals surface area contributed by atoms with Crippen LogP contribution in [0.5, 0.6) is 0 Å². The predicted molar refractivity (Wildman–Crippen MR) is 121 cm³/mol. The lowest BCUT2D eigenvalue weighted by Gasteiger charge is -2.23. The van der Waals surface area contributed by atoms with Gasteiger partial charge in [-0.2, -0.15) is 5.26 Å². The summed E-state index contributed by atoms with van der Waals surface area (Å²) in [7, 11) is -4.07. The van der Waals surface area contributed by atoms with Gasteiger partial charge in [-0.1, -0.05) is 36.4 Å². The second-order valence-corrected chi connectivity index (χ2v) is 8.80. The minimum absolute atomic E-state index is 0.00237. The molecule has 0 radical (unpaired) electrons. The lowest BCUT2D eigenvalue weighted by molar-refractivity contribution is 0.591. The van der Waals surface area contributed by atoms with E-state index in [0.717, 1.165) is 8.87 Å². The number of aromatic nitrogens is 2. The number of fused-ring (bicyclic) bond motifs is 1. The maximum Gasteiger partial charge on any atom is 0.333 e. The third kappa shape index (κ3) is 3.79. The standard InChI is InChI=1S/C23H18N4O4S/c24-14-7-15-26(17-8-2-1-3-9-17)32(30,31)19-11-6-10-18(16-19)27-22(28)20-12-4-5-13-21(20)25-23(27)29/h1-6,8-13,16H,7,15H2,(H,25,29). The van der Waals surface area contributed by atoms with Gasteiger partial charge in [-0.3, -0.25) is 9.10 Å². The SMILES string of the molecule is N#CCCN(c1ccccc1)S(=O)(=O)c1cccc(-n2c(=O)[nH]c3ccccc3c2=O)c1. The van der Waals surface area contributed by atoms with Gasteiger partial charge in [-0.25, -0.2) is 17.8 Å². The van der Waals surface area contributed by atoms with Gasteiger partial charge in [0, 0.05) is 6.54 Å². The Bertz CT molecular complexity index is 1550. The maximum atomic E-state index is 13.4. The predicted octanol–water partition coefficient (Wildman–Crippen LogP) is 2.79. The average Bonchev–Trinajstić information content (AvgIpc) is 2.80. The molecule has 160 valence electrons. The van der Waals surface area contributed by atoms with E-state index in [2.05, 4.69) is 4.98 Å². The van der Waals surface area contributed by atoms with Crippen LogP contribution in [0, 0.1) is 11.3 Å². The van der Waals surface area contributed by atoms with E-state index in [1.807, 2.05) is 6.07 Å². The topological polar surface area (TPSA) is 116 Å². The van der Waals surface area contributed by atoms with Crippen molar-refractivity contribution in [1.29, 1.82) is 5.26 Å². The molecule has 0 amide bonds. The summed E-state index contributed by atoms with van der Waals surface area (Å²) in [4.78, 5) is 28.1. The van der Waals surface area contributed by atoms with Crippen LogP contribution >= 0.6 is 0 Å². The van der Waals surface area contributed by atoms with Crippen LogP contribution in [0.15, 0.2) is 93.3 Å². The minimum Gasteiger partial charge on any atom is -0.306 e. The van der Waals surface area contributed by atoms with Crippen molar-refractivity contribution in [2.75, 3.05) is 10.8 Å². The Balaban J connectivity index is 1.86. The Kier molecular flexibility index (Phi) is 5.62. The number of rotatable bonds is 6. The molecule has 0 bridgehead atoms. The first kappa shape index (κ1) is 21.1. The van der Waals surface area contributed by atoms with E-state index in [-0.39, 0.29) is 23.5 Å². The summed E-state index contributed by atoms with van der Waals surface area (Å²) in [5, 5.41) is 9.30.